The second-order valence-corrected chi connectivity index (χ2v) is 4.40. The molecule has 2 rings (SSSR count). The van der Waals surface area contributed by atoms with Gasteiger partial charge in [0.05, 0.1) is 16.6 Å². The number of amides is 1. The molecule has 2 aromatic rings. The number of ether oxygens (including phenoxy) is 1. The molecule has 0 aliphatic rings. The van der Waals surface area contributed by atoms with Crippen LogP contribution in [0.25, 0.3) is 0 Å². The lowest BCUT2D eigenvalue weighted by Gasteiger charge is -2.09. The molecule has 0 heterocycles. The third-order valence-corrected chi connectivity index (χ3v) is 2.81. The van der Waals surface area contributed by atoms with Crippen molar-refractivity contribution in [2.24, 2.45) is 0 Å². The molecule has 0 unspecified atom stereocenters. The van der Waals surface area contributed by atoms with Crippen molar-refractivity contribution in [2.75, 3.05) is 5.32 Å². The zero-order valence-electron chi connectivity index (χ0n) is 11.6. The summed E-state index contributed by atoms with van der Waals surface area (Å²) in [5.74, 6) is -4.01. The van der Waals surface area contributed by atoms with E-state index in [-0.39, 0.29) is 5.69 Å². The van der Waals surface area contributed by atoms with E-state index in [4.69, 9.17) is 0 Å². The maximum Gasteiger partial charge on any atom is 0.387 e. The fourth-order valence-corrected chi connectivity index (χ4v) is 1.77. The smallest absolute Gasteiger partial charge is 0.387 e. The van der Waals surface area contributed by atoms with Gasteiger partial charge in [0.25, 0.3) is 11.6 Å². The number of benzene rings is 2. The average Bonchev–Trinajstić information content (AvgIpc) is 2.49. The van der Waals surface area contributed by atoms with Crippen LogP contribution in [0, 0.1) is 21.7 Å². The fraction of sp³-hybridized carbons (Fsp3) is 0.0714. The molecule has 6 nitrogen and oxygen atoms in total. The molecule has 0 atom stereocenters. The third kappa shape index (κ3) is 3.97. The Morgan fingerprint density at radius 1 is 1.12 bits per heavy atom. The molecule has 0 aliphatic carbocycles. The van der Waals surface area contributed by atoms with Crippen LogP contribution in [0.2, 0.25) is 0 Å². The van der Waals surface area contributed by atoms with Gasteiger partial charge in [-0.3, -0.25) is 14.9 Å². The van der Waals surface area contributed by atoms with E-state index < -0.39 is 46.1 Å². The van der Waals surface area contributed by atoms with Crippen molar-refractivity contribution in [3.63, 3.8) is 0 Å². The molecule has 10 heteroatoms. The van der Waals surface area contributed by atoms with E-state index in [2.05, 4.69) is 10.1 Å². The highest BCUT2D eigenvalue weighted by atomic mass is 19.3. The number of carbonyl (C=O) groups is 1. The number of carbonyl (C=O) groups excluding carboxylic acids is 1. The number of rotatable bonds is 5. The summed E-state index contributed by atoms with van der Waals surface area (Å²) in [7, 11) is 0. The third-order valence-electron chi connectivity index (χ3n) is 2.81. The fourth-order valence-electron chi connectivity index (χ4n) is 1.77. The number of nitrogens with one attached hydrogen (secondary N) is 1. The van der Waals surface area contributed by atoms with Gasteiger partial charge < -0.3 is 10.1 Å². The van der Waals surface area contributed by atoms with Crippen LogP contribution in [0.1, 0.15) is 10.4 Å². The zero-order valence-corrected chi connectivity index (χ0v) is 11.6. The summed E-state index contributed by atoms with van der Waals surface area (Å²) >= 11 is 0. The first-order valence-electron chi connectivity index (χ1n) is 6.27. The number of anilines is 1. The number of hydrogen-bond donors (Lipinski definition) is 1. The highest BCUT2D eigenvalue weighted by Crippen LogP contribution is 2.24. The van der Waals surface area contributed by atoms with Gasteiger partial charge in [0.15, 0.2) is 11.6 Å². The molecule has 126 valence electrons. The Kier molecular flexibility index (Phi) is 4.97. The molecule has 0 saturated carbocycles. The highest BCUT2D eigenvalue weighted by molar-refractivity contribution is 6.04. The Labute approximate surface area is 131 Å². The standard InChI is InChI=1S/C14H8F4N2O4/c15-10-6-8(20(22)23)2-3-9(10)13(21)19-7-1-4-12(11(16)5-7)24-14(17)18/h1-6,14H,(H,19,21). The second kappa shape index (κ2) is 6.94. The van der Waals surface area contributed by atoms with Crippen LogP contribution in [-0.2, 0) is 0 Å². The summed E-state index contributed by atoms with van der Waals surface area (Å²) in [6, 6.07) is 5.03. The second-order valence-electron chi connectivity index (χ2n) is 4.40. The Bertz CT molecular complexity index is 798. The normalized spacial score (nSPS) is 10.5. The lowest BCUT2D eigenvalue weighted by atomic mass is 10.1. The van der Waals surface area contributed by atoms with E-state index in [0.717, 1.165) is 24.3 Å². The van der Waals surface area contributed by atoms with E-state index in [1.165, 1.54) is 0 Å². The van der Waals surface area contributed by atoms with Crippen LogP contribution in [-0.4, -0.2) is 17.4 Å². The molecule has 0 aliphatic heterocycles. The van der Waals surface area contributed by atoms with Gasteiger partial charge in [0.2, 0.25) is 0 Å². The van der Waals surface area contributed by atoms with Crippen LogP contribution < -0.4 is 10.1 Å². The number of nitrogens with zero attached hydrogens (tertiary/aromatic N) is 1. The van der Waals surface area contributed by atoms with Gasteiger partial charge in [0, 0.05) is 17.8 Å². The molecular formula is C14H8F4N2O4. The van der Waals surface area contributed by atoms with Crippen LogP contribution in [0.4, 0.5) is 28.9 Å². The Hall–Kier alpha value is -3.17. The maximum atomic E-state index is 13.7. The van der Waals surface area contributed by atoms with Crippen LogP contribution in [0.3, 0.4) is 0 Å². The van der Waals surface area contributed by atoms with Gasteiger partial charge >= 0.3 is 6.61 Å². The van der Waals surface area contributed by atoms with Crippen LogP contribution >= 0.6 is 0 Å². The van der Waals surface area contributed by atoms with Crippen molar-refractivity contribution in [2.45, 2.75) is 6.61 Å². The summed E-state index contributed by atoms with van der Waals surface area (Å²) < 4.78 is 55.2. The van der Waals surface area contributed by atoms with E-state index in [1.54, 1.807) is 0 Å². The van der Waals surface area contributed by atoms with E-state index in [0.29, 0.717) is 12.1 Å². The topological polar surface area (TPSA) is 81.5 Å². The van der Waals surface area contributed by atoms with Crippen molar-refractivity contribution in [1.29, 1.82) is 0 Å². The predicted octanol–water partition coefficient (Wildman–Crippen LogP) is 3.73. The SMILES string of the molecule is O=C(Nc1ccc(OC(F)F)c(F)c1)c1ccc([N+](=O)[O-])cc1F. The Morgan fingerprint density at radius 3 is 2.38 bits per heavy atom. The number of alkyl halides is 2. The molecule has 24 heavy (non-hydrogen) atoms. The molecule has 0 spiro atoms. The Balaban J connectivity index is 2.18. The number of hydrogen-bond acceptors (Lipinski definition) is 4. The first kappa shape index (κ1) is 17.2. The monoisotopic (exact) mass is 344 g/mol. The van der Waals surface area contributed by atoms with Gasteiger partial charge in [-0.05, 0) is 18.2 Å². The van der Waals surface area contributed by atoms with Crippen molar-refractivity contribution in [3.8, 4) is 5.75 Å². The number of nitro benzene ring substituents is 1. The lowest BCUT2D eigenvalue weighted by Crippen LogP contribution is -2.14. The molecular weight excluding hydrogens is 336 g/mol. The van der Waals surface area contributed by atoms with Gasteiger partial charge in [-0.15, -0.1) is 0 Å². The van der Waals surface area contributed by atoms with Crippen LogP contribution in [0.5, 0.6) is 5.75 Å². The predicted molar refractivity (Wildman–Crippen MR) is 74.0 cm³/mol. The summed E-state index contributed by atoms with van der Waals surface area (Å²) in [4.78, 5) is 21.6. The molecule has 0 aromatic heterocycles. The quantitative estimate of drug-likeness (QED) is 0.509. The molecule has 1 N–H and O–H groups in total. The Morgan fingerprint density at radius 2 is 1.83 bits per heavy atom. The zero-order chi connectivity index (χ0) is 17.9. The molecule has 0 bridgehead atoms. The average molecular weight is 344 g/mol. The molecule has 0 saturated heterocycles. The summed E-state index contributed by atoms with van der Waals surface area (Å²) in [5, 5.41) is 12.6. The van der Waals surface area contributed by atoms with E-state index in [9.17, 15) is 32.5 Å². The maximum absolute atomic E-state index is 13.7. The van der Waals surface area contributed by atoms with Crippen LogP contribution in [0.15, 0.2) is 36.4 Å². The summed E-state index contributed by atoms with van der Waals surface area (Å²) in [6.45, 7) is -3.21. The van der Waals surface area contributed by atoms with E-state index >= 15 is 0 Å². The van der Waals surface area contributed by atoms with Gasteiger partial charge in [-0.1, -0.05) is 0 Å². The van der Waals surface area contributed by atoms with Crippen molar-refractivity contribution in [3.05, 3.63) is 63.7 Å². The molecule has 0 radical (unpaired) electrons. The molecule has 2 aromatic carbocycles. The minimum Gasteiger partial charge on any atom is -0.432 e. The molecule has 0 fully saturated rings. The summed E-state index contributed by atoms with van der Waals surface area (Å²) in [5.41, 5.74) is -1.19. The minimum atomic E-state index is -3.21. The largest absolute Gasteiger partial charge is 0.432 e. The van der Waals surface area contributed by atoms with Crippen molar-refractivity contribution in [1.82, 2.24) is 0 Å². The van der Waals surface area contributed by atoms with Gasteiger partial charge in [-0.2, -0.15) is 8.78 Å². The van der Waals surface area contributed by atoms with E-state index in [1.807, 2.05) is 0 Å². The number of non-ortho nitro benzene ring substituents is 1. The number of halogens is 4. The first-order valence-corrected chi connectivity index (χ1v) is 6.27. The minimum absolute atomic E-state index is 0.142. The first-order chi connectivity index (χ1) is 11.3. The van der Waals surface area contributed by atoms with Gasteiger partial charge in [-0.25, -0.2) is 8.78 Å². The molecule has 1 amide bonds. The summed E-state index contributed by atoms with van der Waals surface area (Å²) in [6.07, 6.45) is 0. The van der Waals surface area contributed by atoms with Crippen molar-refractivity contribution < 1.29 is 32.0 Å². The highest BCUT2D eigenvalue weighted by Gasteiger charge is 2.17. The lowest BCUT2D eigenvalue weighted by molar-refractivity contribution is -0.385. The van der Waals surface area contributed by atoms with Crippen molar-refractivity contribution >= 4 is 17.3 Å². The number of nitro groups is 1. The van der Waals surface area contributed by atoms with Gasteiger partial charge in [0.1, 0.15) is 5.82 Å².